The largest absolute Gasteiger partial charge is 0.345 e. The number of fused-ring (bicyclic) bond motifs is 1. The molecule has 2 aromatic carbocycles. The minimum absolute atomic E-state index is 0.0736. The molecule has 2 atom stereocenters. The third-order valence-corrected chi connectivity index (χ3v) is 7.50. The summed E-state index contributed by atoms with van der Waals surface area (Å²) in [6, 6.07) is 9.87. The Bertz CT molecular complexity index is 1410. The van der Waals surface area contributed by atoms with Gasteiger partial charge in [0, 0.05) is 37.1 Å². The van der Waals surface area contributed by atoms with Crippen LogP contribution in [0.3, 0.4) is 0 Å². The number of hydrogen-bond acceptors (Lipinski definition) is 3. The maximum Gasteiger partial charge on any atom is 0.261 e. The topological polar surface area (TPSA) is 71.4 Å². The monoisotopic (exact) mass is 493 g/mol. The van der Waals surface area contributed by atoms with E-state index in [-0.39, 0.29) is 52.6 Å². The number of halogens is 2. The van der Waals surface area contributed by atoms with Crippen LogP contribution in [-0.2, 0) is 11.3 Å². The molecule has 2 fully saturated rings. The molecule has 2 heterocycles. The van der Waals surface area contributed by atoms with Gasteiger partial charge in [-0.05, 0) is 62.3 Å². The standard InChI is InChI=1S/C28H29F2N3O3/c1-16-24(27(35)31-26(18-11-12-18)19-6-3-7-20(29)14-19)22-9-4-10-23(30)25(22)28(36)33(16)15-21-8-5-13-32(21)17(2)34/h3-4,6-7,9-10,14,18,21,26H,5,8,11-13,15H2,1-2H3,(H,31,35)/t21?,26-/m0/s1. The van der Waals surface area contributed by atoms with E-state index >= 15 is 0 Å². The van der Waals surface area contributed by atoms with Gasteiger partial charge in [0.15, 0.2) is 0 Å². The Balaban J connectivity index is 1.59. The molecule has 1 aromatic heterocycles. The van der Waals surface area contributed by atoms with E-state index in [2.05, 4.69) is 5.32 Å². The molecule has 6 nitrogen and oxygen atoms in total. The zero-order chi connectivity index (χ0) is 25.6. The lowest BCUT2D eigenvalue weighted by molar-refractivity contribution is -0.129. The molecule has 1 unspecified atom stereocenters. The predicted molar refractivity (Wildman–Crippen MR) is 133 cm³/mol. The predicted octanol–water partition coefficient (Wildman–Crippen LogP) is 4.48. The Morgan fingerprint density at radius 2 is 1.86 bits per heavy atom. The van der Waals surface area contributed by atoms with Crippen molar-refractivity contribution in [3.63, 3.8) is 0 Å². The fraction of sp³-hybridized carbons (Fsp3) is 0.393. The molecular formula is C28H29F2N3O3. The van der Waals surface area contributed by atoms with E-state index in [0.717, 1.165) is 25.7 Å². The zero-order valence-electron chi connectivity index (χ0n) is 20.4. The van der Waals surface area contributed by atoms with Gasteiger partial charge in [0.2, 0.25) is 5.91 Å². The maximum atomic E-state index is 15.0. The van der Waals surface area contributed by atoms with Crippen molar-refractivity contribution in [3.05, 3.63) is 81.3 Å². The van der Waals surface area contributed by atoms with E-state index in [1.807, 2.05) is 0 Å². The highest BCUT2D eigenvalue weighted by Crippen LogP contribution is 2.41. The van der Waals surface area contributed by atoms with E-state index in [0.29, 0.717) is 17.8 Å². The van der Waals surface area contributed by atoms with Gasteiger partial charge in [-0.2, -0.15) is 0 Å². The van der Waals surface area contributed by atoms with Gasteiger partial charge in [0.25, 0.3) is 11.5 Å². The number of nitrogens with one attached hydrogen (secondary N) is 1. The molecule has 5 rings (SSSR count). The van der Waals surface area contributed by atoms with E-state index in [1.165, 1.54) is 35.8 Å². The van der Waals surface area contributed by atoms with Crippen molar-refractivity contribution in [2.45, 2.75) is 58.2 Å². The molecule has 188 valence electrons. The molecule has 1 aliphatic carbocycles. The average Bonchev–Trinajstić information content (AvgIpc) is 3.56. The fourth-order valence-electron chi connectivity index (χ4n) is 5.54. The highest BCUT2D eigenvalue weighted by atomic mass is 19.1. The smallest absolute Gasteiger partial charge is 0.261 e. The van der Waals surface area contributed by atoms with Gasteiger partial charge in [-0.15, -0.1) is 0 Å². The summed E-state index contributed by atoms with van der Waals surface area (Å²) in [4.78, 5) is 41.0. The van der Waals surface area contributed by atoms with Gasteiger partial charge in [-0.25, -0.2) is 8.78 Å². The zero-order valence-corrected chi connectivity index (χ0v) is 20.4. The Morgan fingerprint density at radius 1 is 1.11 bits per heavy atom. The molecule has 1 N–H and O–H groups in total. The molecule has 0 spiro atoms. The molecule has 1 saturated heterocycles. The molecular weight excluding hydrogens is 464 g/mol. The van der Waals surface area contributed by atoms with Crippen LogP contribution >= 0.6 is 0 Å². The second kappa shape index (κ2) is 9.48. The summed E-state index contributed by atoms with van der Waals surface area (Å²) in [6.07, 6.45) is 3.38. The van der Waals surface area contributed by atoms with Crippen LogP contribution in [0.25, 0.3) is 10.8 Å². The van der Waals surface area contributed by atoms with Crippen LogP contribution in [0.1, 0.15) is 60.3 Å². The number of benzene rings is 2. The van der Waals surface area contributed by atoms with E-state index < -0.39 is 17.3 Å². The first-order valence-electron chi connectivity index (χ1n) is 12.4. The van der Waals surface area contributed by atoms with Crippen LogP contribution < -0.4 is 10.9 Å². The number of aromatic nitrogens is 1. The lowest BCUT2D eigenvalue weighted by Gasteiger charge is -2.26. The summed E-state index contributed by atoms with van der Waals surface area (Å²) in [7, 11) is 0. The van der Waals surface area contributed by atoms with Crippen LogP contribution in [0.2, 0.25) is 0 Å². The Hall–Kier alpha value is -3.55. The second-order valence-corrected chi connectivity index (χ2v) is 9.89. The lowest BCUT2D eigenvalue weighted by atomic mass is 9.99. The van der Waals surface area contributed by atoms with E-state index in [4.69, 9.17) is 0 Å². The number of nitrogens with zero attached hydrogens (tertiary/aromatic N) is 2. The third-order valence-electron chi connectivity index (χ3n) is 7.50. The molecule has 1 saturated carbocycles. The SMILES string of the molecule is CC(=O)N1CCCC1Cn1c(C)c(C(=O)N[C@H](c2cccc(F)c2)C2CC2)c2cccc(F)c2c1=O. The molecule has 2 aliphatic rings. The van der Waals surface area contributed by atoms with Gasteiger partial charge in [-0.3, -0.25) is 14.4 Å². The minimum Gasteiger partial charge on any atom is -0.345 e. The summed E-state index contributed by atoms with van der Waals surface area (Å²) in [5.41, 5.74) is 0.796. The normalized spacial score (nSPS) is 18.4. The van der Waals surface area contributed by atoms with Crippen LogP contribution in [0.4, 0.5) is 8.78 Å². The fourth-order valence-corrected chi connectivity index (χ4v) is 5.54. The van der Waals surface area contributed by atoms with Crippen molar-refractivity contribution in [1.82, 2.24) is 14.8 Å². The van der Waals surface area contributed by atoms with Crippen molar-refractivity contribution in [1.29, 1.82) is 0 Å². The van der Waals surface area contributed by atoms with E-state index in [9.17, 15) is 23.2 Å². The van der Waals surface area contributed by atoms with Crippen molar-refractivity contribution >= 4 is 22.6 Å². The first kappa shape index (κ1) is 24.2. The summed E-state index contributed by atoms with van der Waals surface area (Å²) >= 11 is 0. The number of amides is 2. The van der Waals surface area contributed by atoms with Crippen molar-refractivity contribution in [3.8, 4) is 0 Å². The van der Waals surface area contributed by atoms with Crippen LogP contribution in [0.5, 0.6) is 0 Å². The number of carbonyl (C=O) groups excluding carboxylic acids is 2. The van der Waals surface area contributed by atoms with Gasteiger partial charge < -0.3 is 14.8 Å². The van der Waals surface area contributed by atoms with Gasteiger partial charge in [-0.1, -0.05) is 24.3 Å². The first-order chi connectivity index (χ1) is 17.3. The molecule has 2 amide bonds. The van der Waals surface area contributed by atoms with E-state index in [1.54, 1.807) is 30.0 Å². The Kier molecular flexibility index (Phi) is 6.36. The van der Waals surface area contributed by atoms with Crippen LogP contribution in [0, 0.1) is 24.5 Å². The quantitative estimate of drug-likeness (QED) is 0.551. The average molecular weight is 494 g/mol. The van der Waals surface area contributed by atoms with Gasteiger partial charge >= 0.3 is 0 Å². The molecule has 0 radical (unpaired) electrons. The first-order valence-corrected chi connectivity index (χ1v) is 12.4. The minimum atomic E-state index is -0.695. The highest BCUT2D eigenvalue weighted by Gasteiger charge is 2.35. The Morgan fingerprint density at radius 3 is 2.56 bits per heavy atom. The van der Waals surface area contributed by atoms with Crippen LogP contribution in [-0.4, -0.2) is 33.9 Å². The number of pyridine rings is 1. The highest BCUT2D eigenvalue weighted by molar-refractivity contribution is 6.08. The maximum absolute atomic E-state index is 15.0. The summed E-state index contributed by atoms with van der Waals surface area (Å²) in [5, 5.41) is 3.15. The third kappa shape index (κ3) is 4.40. The number of hydrogen-bond donors (Lipinski definition) is 1. The molecule has 1 aliphatic heterocycles. The van der Waals surface area contributed by atoms with Crippen molar-refractivity contribution in [2.75, 3.05) is 6.54 Å². The molecule has 36 heavy (non-hydrogen) atoms. The summed E-state index contributed by atoms with van der Waals surface area (Å²) < 4.78 is 30.4. The summed E-state index contributed by atoms with van der Waals surface area (Å²) in [5.74, 6) is -1.40. The lowest BCUT2D eigenvalue weighted by Crippen LogP contribution is -2.40. The van der Waals surface area contributed by atoms with Crippen molar-refractivity contribution in [2.24, 2.45) is 5.92 Å². The Labute approximate surface area is 207 Å². The molecule has 8 heteroatoms. The summed E-state index contributed by atoms with van der Waals surface area (Å²) in [6.45, 7) is 3.98. The number of rotatable bonds is 6. The second-order valence-electron chi connectivity index (χ2n) is 9.89. The molecule has 0 bridgehead atoms. The number of likely N-dealkylation sites (tertiary alicyclic amines) is 1. The van der Waals surface area contributed by atoms with Gasteiger partial charge in [0.05, 0.1) is 17.0 Å². The van der Waals surface area contributed by atoms with Crippen molar-refractivity contribution < 1.29 is 18.4 Å². The van der Waals surface area contributed by atoms with Crippen LogP contribution in [0.15, 0.2) is 47.3 Å². The van der Waals surface area contributed by atoms with Gasteiger partial charge in [0.1, 0.15) is 11.6 Å². The number of carbonyl (C=O) groups is 2. The molecule has 3 aromatic rings.